The number of hydrogen-bond donors (Lipinski definition) is 1. The maximum Gasteiger partial charge on any atom is 0.146 e. The maximum atomic E-state index is 5.77. The van der Waals surface area contributed by atoms with Crippen LogP contribution in [-0.2, 0) is 13.2 Å². The average Bonchev–Trinajstić information content (AvgIpc) is 2.76. The van der Waals surface area contributed by atoms with Crippen LogP contribution in [0.25, 0.3) is 0 Å². The van der Waals surface area contributed by atoms with Gasteiger partial charge in [0, 0.05) is 0 Å². The summed E-state index contributed by atoms with van der Waals surface area (Å²) in [5.41, 5.74) is 2.40. The molecule has 2 rings (SSSR count). The van der Waals surface area contributed by atoms with Crippen molar-refractivity contribution >= 4 is 0 Å². The van der Waals surface area contributed by atoms with Gasteiger partial charge in [-0.1, -0.05) is 24.6 Å². The van der Waals surface area contributed by atoms with Crippen LogP contribution in [0.15, 0.2) is 34.7 Å². The molecule has 0 fully saturated rings. The predicted octanol–water partition coefficient (Wildman–Crippen LogP) is 3.58. The van der Waals surface area contributed by atoms with E-state index < -0.39 is 0 Å². The molecular weight excluding hydrogens is 238 g/mol. The molecule has 0 amide bonds. The molecule has 0 atom stereocenters. The van der Waals surface area contributed by atoms with Crippen LogP contribution in [-0.4, -0.2) is 6.54 Å². The van der Waals surface area contributed by atoms with Crippen LogP contribution in [0.5, 0.6) is 5.75 Å². The summed E-state index contributed by atoms with van der Waals surface area (Å²) in [6.45, 7) is 8.39. The molecule has 0 aliphatic carbocycles. The fraction of sp³-hybridized carbons (Fsp3) is 0.375. The molecular formula is C16H21NO2. The monoisotopic (exact) mass is 259 g/mol. The molecule has 0 saturated heterocycles. The molecule has 2 aromatic rings. The van der Waals surface area contributed by atoms with Gasteiger partial charge in [-0.2, -0.15) is 0 Å². The van der Waals surface area contributed by atoms with E-state index in [0.29, 0.717) is 6.61 Å². The normalized spacial score (nSPS) is 10.7. The molecule has 0 aliphatic heterocycles. The minimum atomic E-state index is 0.468. The number of ether oxygens (including phenoxy) is 1. The fourth-order valence-corrected chi connectivity index (χ4v) is 1.86. The maximum absolute atomic E-state index is 5.77. The summed E-state index contributed by atoms with van der Waals surface area (Å²) >= 11 is 0. The van der Waals surface area contributed by atoms with Gasteiger partial charge in [-0.15, -0.1) is 0 Å². The van der Waals surface area contributed by atoms with Gasteiger partial charge in [0.05, 0.1) is 6.54 Å². The molecule has 1 aromatic heterocycles. The number of aryl methyl sites for hydroxylation is 2. The molecule has 0 saturated carbocycles. The molecule has 1 heterocycles. The van der Waals surface area contributed by atoms with Gasteiger partial charge in [0.25, 0.3) is 0 Å². The van der Waals surface area contributed by atoms with Gasteiger partial charge < -0.3 is 14.5 Å². The summed E-state index contributed by atoms with van der Waals surface area (Å²) in [7, 11) is 0. The first kappa shape index (κ1) is 13.7. The minimum absolute atomic E-state index is 0.468. The molecule has 0 radical (unpaired) electrons. The summed E-state index contributed by atoms with van der Waals surface area (Å²) in [6.07, 6.45) is 0. The van der Waals surface area contributed by atoms with Crippen LogP contribution in [0.1, 0.15) is 29.6 Å². The van der Waals surface area contributed by atoms with E-state index in [1.165, 1.54) is 11.1 Å². The molecule has 102 valence electrons. The zero-order valence-corrected chi connectivity index (χ0v) is 11.8. The van der Waals surface area contributed by atoms with E-state index in [4.69, 9.17) is 9.15 Å². The molecule has 1 aromatic carbocycles. The third-order valence-corrected chi connectivity index (χ3v) is 3.01. The molecule has 0 unspecified atom stereocenters. The van der Waals surface area contributed by atoms with Crippen LogP contribution in [0, 0.1) is 13.8 Å². The highest BCUT2D eigenvalue weighted by Crippen LogP contribution is 2.18. The van der Waals surface area contributed by atoms with Gasteiger partial charge in [-0.25, -0.2) is 0 Å². The summed E-state index contributed by atoms with van der Waals surface area (Å²) in [5.74, 6) is 2.73. The highest BCUT2D eigenvalue weighted by molar-refractivity contribution is 5.27. The first-order valence-corrected chi connectivity index (χ1v) is 6.67. The third-order valence-electron chi connectivity index (χ3n) is 3.01. The number of nitrogens with one attached hydrogen (secondary N) is 1. The van der Waals surface area contributed by atoms with Gasteiger partial charge in [-0.05, 0) is 44.2 Å². The Bertz CT molecular complexity index is 514. The number of hydrogen-bond acceptors (Lipinski definition) is 3. The second-order valence-corrected chi connectivity index (χ2v) is 4.70. The van der Waals surface area contributed by atoms with E-state index in [1.807, 2.05) is 30.3 Å². The molecule has 3 heteroatoms. The van der Waals surface area contributed by atoms with Gasteiger partial charge in [-0.3, -0.25) is 0 Å². The number of benzene rings is 1. The zero-order chi connectivity index (χ0) is 13.7. The van der Waals surface area contributed by atoms with Crippen molar-refractivity contribution in [2.24, 2.45) is 0 Å². The quantitative estimate of drug-likeness (QED) is 0.861. The number of furan rings is 1. The summed E-state index contributed by atoms with van der Waals surface area (Å²) < 4.78 is 11.5. The first-order chi connectivity index (χ1) is 9.19. The largest absolute Gasteiger partial charge is 0.486 e. The Morgan fingerprint density at radius 2 is 1.89 bits per heavy atom. The van der Waals surface area contributed by atoms with Crippen molar-refractivity contribution in [1.29, 1.82) is 0 Å². The molecule has 1 N–H and O–H groups in total. The van der Waals surface area contributed by atoms with Crippen LogP contribution in [0.2, 0.25) is 0 Å². The molecule has 0 bridgehead atoms. The average molecular weight is 259 g/mol. The highest BCUT2D eigenvalue weighted by Gasteiger charge is 2.07. The van der Waals surface area contributed by atoms with E-state index >= 15 is 0 Å². The molecule has 0 spiro atoms. The lowest BCUT2D eigenvalue weighted by molar-refractivity contribution is 0.265. The van der Waals surface area contributed by atoms with Gasteiger partial charge in [0.15, 0.2) is 0 Å². The lowest BCUT2D eigenvalue weighted by atomic mass is 10.2. The van der Waals surface area contributed by atoms with Crippen molar-refractivity contribution < 1.29 is 9.15 Å². The Morgan fingerprint density at radius 3 is 2.58 bits per heavy atom. The van der Waals surface area contributed by atoms with Gasteiger partial charge in [0.1, 0.15) is 23.9 Å². The van der Waals surface area contributed by atoms with Crippen molar-refractivity contribution in [3.63, 3.8) is 0 Å². The Labute approximate surface area is 114 Å². The SMILES string of the molecule is CCNCc1oc(COc2ccc(C)cc2)cc1C. The van der Waals surface area contributed by atoms with Crippen molar-refractivity contribution in [3.8, 4) is 5.75 Å². The molecule has 0 aliphatic rings. The second kappa shape index (κ2) is 6.43. The fourth-order valence-electron chi connectivity index (χ4n) is 1.86. The van der Waals surface area contributed by atoms with Crippen LogP contribution in [0.4, 0.5) is 0 Å². The Hall–Kier alpha value is -1.74. The summed E-state index contributed by atoms with van der Waals surface area (Å²) in [5, 5.41) is 3.26. The Kier molecular flexibility index (Phi) is 4.63. The first-order valence-electron chi connectivity index (χ1n) is 6.67. The van der Waals surface area contributed by atoms with Crippen molar-refractivity contribution in [1.82, 2.24) is 5.32 Å². The molecule has 19 heavy (non-hydrogen) atoms. The van der Waals surface area contributed by atoms with Gasteiger partial charge in [0.2, 0.25) is 0 Å². The number of rotatable bonds is 6. The lowest BCUT2D eigenvalue weighted by Crippen LogP contribution is -2.11. The van der Waals surface area contributed by atoms with E-state index in [1.54, 1.807) is 0 Å². The van der Waals surface area contributed by atoms with Gasteiger partial charge >= 0.3 is 0 Å². The predicted molar refractivity (Wildman–Crippen MR) is 76.3 cm³/mol. The topological polar surface area (TPSA) is 34.4 Å². The smallest absolute Gasteiger partial charge is 0.146 e. The van der Waals surface area contributed by atoms with Crippen molar-refractivity contribution in [2.45, 2.75) is 33.9 Å². The third kappa shape index (κ3) is 3.86. The minimum Gasteiger partial charge on any atom is -0.486 e. The summed E-state index contributed by atoms with van der Waals surface area (Å²) in [4.78, 5) is 0. The Morgan fingerprint density at radius 1 is 1.16 bits per heavy atom. The highest BCUT2D eigenvalue weighted by atomic mass is 16.5. The van der Waals surface area contributed by atoms with Crippen molar-refractivity contribution in [2.75, 3.05) is 6.54 Å². The standard InChI is InChI=1S/C16H21NO2/c1-4-17-10-16-13(3)9-15(19-16)11-18-14-7-5-12(2)6-8-14/h5-9,17H,4,10-11H2,1-3H3. The molecule has 3 nitrogen and oxygen atoms in total. The van der Waals surface area contributed by atoms with Crippen LogP contribution < -0.4 is 10.1 Å². The van der Waals surface area contributed by atoms with E-state index in [-0.39, 0.29) is 0 Å². The van der Waals surface area contributed by atoms with Crippen LogP contribution >= 0.6 is 0 Å². The van der Waals surface area contributed by atoms with Crippen molar-refractivity contribution in [3.05, 3.63) is 53.0 Å². The second-order valence-electron chi connectivity index (χ2n) is 4.70. The zero-order valence-electron chi connectivity index (χ0n) is 11.8. The lowest BCUT2D eigenvalue weighted by Gasteiger charge is -2.04. The van der Waals surface area contributed by atoms with E-state index in [0.717, 1.165) is 30.4 Å². The Balaban J connectivity index is 1.94. The van der Waals surface area contributed by atoms with E-state index in [9.17, 15) is 0 Å². The van der Waals surface area contributed by atoms with E-state index in [2.05, 4.69) is 26.1 Å². The van der Waals surface area contributed by atoms with Crippen LogP contribution in [0.3, 0.4) is 0 Å². The summed E-state index contributed by atoms with van der Waals surface area (Å²) in [6, 6.07) is 10.1.